The Morgan fingerprint density at radius 1 is 1.28 bits per heavy atom. The van der Waals surface area contributed by atoms with Gasteiger partial charge in [0.1, 0.15) is 11.9 Å². The first kappa shape index (κ1) is 19.3. The molecule has 2 amide bonds. The first-order valence-corrected chi connectivity index (χ1v) is 8.91. The van der Waals surface area contributed by atoms with Crippen LogP contribution in [-0.2, 0) is 4.79 Å². The average Bonchev–Trinajstić information content (AvgIpc) is 3.01. The van der Waals surface area contributed by atoms with Crippen molar-refractivity contribution in [2.24, 2.45) is 17.8 Å². The van der Waals surface area contributed by atoms with E-state index in [2.05, 4.69) is 15.5 Å². The van der Waals surface area contributed by atoms with E-state index < -0.39 is 47.6 Å². The first-order valence-electron chi connectivity index (χ1n) is 8.91. The van der Waals surface area contributed by atoms with Crippen LogP contribution in [0.4, 0.5) is 17.6 Å². The van der Waals surface area contributed by atoms with Gasteiger partial charge >= 0.3 is 6.18 Å². The number of hydrogen-bond acceptors (Lipinski definition) is 5. The third kappa shape index (κ3) is 3.68. The van der Waals surface area contributed by atoms with E-state index in [1.165, 1.54) is 30.0 Å². The Bertz CT molecular complexity index is 949. The summed E-state index contributed by atoms with van der Waals surface area (Å²) in [6.45, 7) is 1.48. The lowest BCUT2D eigenvalue weighted by Crippen LogP contribution is -2.47. The van der Waals surface area contributed by atoms with E-state index >= 15 is 0 Å². The van der Waals surface area contributed by atoms with E-state index in [1.54, 1.807) is 0 Å². The number of hydrogen-bond donors (Lipinski definition) is 1. The number of aromatic nitrogens is 2. The molecule has 154 valence electrons. The molecule has 7 nitrogen and oxygen atoms in total. The van der Waals surface area contributed by atoms with Crippen LogP contribution in [0.5, 0.6) is 0 Å². The van der Waals surface area contributed by atoms with Crippen LogP contribution < -0.4 is 5.32 Å². The van der Waals surface area contributed by atoms with E-state index in [-0.39, 0.29) is 30.4 Å². The summed E-state index contributed by atoms with van der Waals surface area (Å²) < 4.78 is 56.5. The number of carbonyl (C=O) groups is 2. The Morgan fingerprint density at radius 3 is 2.59 bits per heavy atom. The minimum Gasteiger partial charge on any atom is -0.340 e. The van der Waals surface area contributed by atoms with Crippen molar-refractivity contribution >= 4 is 11.8 Å². The molecule has 1 saturated carbocycles. The number of benzene rings is 1. The maximum Gasteiger partial charge on any atom is 0.392 e. The van der Waals surface area contributed by atoms with Crippen LogP contribution in [-0.4, -0.2) is 52.2 Å². The lowest BCUT2D eigenvalue weighted by molar-refractivity contribution is -0.159. The summed E-state index contributed by atoms with van der Waals surface area (Å²) in [4.78, 5) is 29.9. The van der Waals surface area contributed by atoms with Crippen molar-refractivity contribution in [2.45, 2.75) is 19.1 Å². The second kappa shape index (κ2) is 6.82. The van der Waals surface area contributed by atoms with Gasteiger partial charge in [0.05, 0.1) is 5.92 Å². The number of halogens is 4. The molecule has 29 heavy (non-hydrogen) atoms. The monoisotopic (exact) mass is 412 g/mol. The SMILES string of the molecule is C[C@H](NC(=O)c1noc(-c2cccc(F)c2)n1)C(=O)N1C[C@@H]2C(C(F)(F)F)[C@@H]2C1. The van der Waals surface area contributed by atoms with Crippen molar-refractivity contribution in [3.8, 4) is 11.5 Å². The Labute approximate surface area is 162 Å². The highest BCUT2D eigenvalue weighted by Crippen LogP contribution is 2.59. The summed E-state index contributed by atoms with van der Waals surface area (Å²) in [6, 6.07) is 4.39. The van der Waals surface area contributed by atoms with Crippen molar-refractivity contribution in [3.63, 3.8) is 0 Å². The lowest BCUT2D eigenvalue weighted by Gasteiger charge is -2.24. The average molecular weight is 412 g/mol. The number of likely N-dealkylation sites (tertiary alicyclic amines) is 1. The molecule has 4 rings (SSSR count). The van der Waals surface area contributed by atoms with Gasteiger partial charge in [-0.2, -0.15) is 18.2 Å². The van der Waals surface area contributed by atoms with Crippen LogP contribution in [0, 0.1) is 23.6 Å². The Balaban J connectivity index is 1.34. The predicted molar refractivity (Wildman–Crippen MR) is 89.7 cm³/mol. The lowest BCUT2D eigenvalue weighted by atomic mass is 10.2. The highest BCUT2D eigenvalue weighted by atomic mass is 19.4. The van der Waals surface area contributed by atoms with E-state index in [1.807, 2.05) is 0 Å². The van der Waals surface area contributed by atoms with Crippen molar-refractivity contribution in [1.29, 1.82) is 0 Å². The number of fused-ring (bicyclic) bond motifs is 1. The van der Waals surface area contributed by atoms with Gasteiger partial charge in [-0.05, 0) is 37.0 Å². The number of carbonyl (C=O) groups excluding carboxylic acids is 2. The van der Waals surface area contributed by atoms with E-state index in [9.17, 15) is 27.2 Å². The zero-order valence-corrected chi connectivity index (χ0v) is 15.1. The fraction of sp³-hybridized carbons (Fsp3) is 0.444. The van der Waals surface area contributed by atoms with Gasteiger partial charge in [0.2, 0.25) is 5.91 Å². The molecule has 0 spiro atoms. The highest BCUT2D eigenvalue weighted by Gasteiger charge is 2.67. The number of nitrogens with one attached hydrogen (secondary N) is 1. The van der Waals surface area contributed by atoms with Gasteiger partial charge < -0.3 is 14.7 Å². The molecule has 1 saturated heterocycles. The third-order valence-electron chi connectivity index (χ3n) is 5.30. The van der Waals surface area contributed by atoms with Gasteiger partial charge in [0.15, 0.2) is 0 Å². The topological polar surface area (TPSA) is 88.3 Å². The fourth-order valence-corrected chi connectivity index (χ4v) is 3.84. The molecule has 2 heterocycles. The van der Waals surface area contributed by atoms with E-state index in [0.717, 1.165) is 6.07 Å². The normalized spacial score (nSPS) is 24.2. The molecular weight excluding hydrogens is 396 g/mol. The molecule has 1 aromatic heterocycles. The number of nitrogens with zero attached hydrogens (tertiary/aromatic N) is 3. The van der Waals surface area contributed by atoms with Crippen LogP contribution >= 0.6 is 0 Å². The van der Waals surface area contributed by atoms with Crippen molar-refractivity contribution in [1.82, 2.24) is 20.4 Å². The first-order chi connectivity index (χ1) is 13.6. The van der Waals surface area contributed by atoms with Gasteiger partial charge in [-0.25, -0.2) is 4.39 Å². The third-order valence-corrected chi connectivity index (χ3v) is 5.30. The van der Waals surface area contributed by atoms with E-state index in [0.29, 0.717) is 0 Å². The molecule has 2 aliphatic rings. The summed E-state index contributed by atoms with van der Waals surface area (Å²) in [5.41, 5.74) is 0.288. The number of piperidine rings is 1. The summed E-state index contributed by atoms with van der Waals surface area (Å²) in [5.74, 6) is -4.63. The molecule has 1 aromatic carbocycles. The number of alkyl halides is 3. The molecule has 1 N–H and O–H groups in total. The van der Waals surface area contributed by atoms with Crippen molar-refractivity contribution < 1.29 is 31.7 Å². The van der Waals surface area contributed by atoms with Crippen LogP contribution in [0.3, 0.4) is 0 Å². The smallest absolute Gasteiger partial charge is 0.340 e. The Kier molecular flexibility index (Phi) is 4.55. The molecule has 2 aromatic rings. The van der Waals surface area contributed by atoms with Crippen molar-refractivity contribution in [2.75, 3.05) is 13.1 Å². The van der Waals surface area contributed by atoms with Crippen molar-refractivity contribution in [3.05, 3.63) is 35.9 Å². The summed E-state index contributed by atoms with van der Waals surface area (Å²) in [5, 5.41) is 5.93. The predicted octanol–water partition coefficient (Wildman–Crippen LogP) is 2.26. The zero-order chi connectivity index (χ0) is 20.9. The molecular formula is C18H16F4N4O3. The molecule has 2 fully saturated rings. The van der Waals surface area contributed by atoms with Crippen LogP contribution in [0.1, 0.15) is 17.5 Å². The van der Waals surface area contributed by atoms with Gasteiger partial charge in [-0.3, -0.25) is 9.59 Å². The summed E-state index contributed by atoms with van der Waals surface area (Å²) >= 11 is 0. The standard InChI is InChI=1S/C18H16F4N4O3/c1-8(17(28)26-6-11-12(7-26)13(11)18(20,21)22)23-15(27)14-24-16(29-25-14)9-3-2-4-10(19)5-9/h2-5,8,11-13H,6-7H2,1H3,(H,23,27)/t8-,11-,12+,13?/m0/s1. The number of amides is 2. The summed E-state index contributed by atoms with van der Waals surface area (Å²) in [7, 11) is 0. The second-order valence-corrected chi connectivity index (χ2v) is 7.27. The highest BCUT2D eigenvalue weighted by molar-refractivity contribution is 5.94. The molecule has 11 heteroatoms. The summed E-state index contributed by atoms with van der Waals surface area (Å²) in [6.07, 6.45) is -4.23. The maximum absolute atomic E-state index is 13.3. The zero-order valence-electron chi connectivity index (χ0n) is 15.1. The molecule has 0 radical (unpaired) electrons. The van der Waals surface area contributed by atoms with Crippen LogP contribution in [0.2, 0.25) is 0 Å². The fourth-order valence-electron chi connectivity index (χ4n) is 3.84. The molecule has 4 atom stereocenters. The largest absolute Gasteiger partial charge is 0.392 e. The van der Waals surface area contributed by atoms with Gasteiger partial charge in [-0.15, -0.1) is 0 Å². The molecule has 0 bridgehead atoms. The second-order valence-electron chi connectivity index (χ2n) is 7.27. The van der Waals surface area contributed by atoms with Gasteiger partial charge in [0.25, 0.3) is 17.6 Å². The molecule has 1 unspecified atom stereocenters. The van der Waals surface area contributed by atoms with Crippen LogP contribution in [0.25, 0.3) is 11.5 Å². The molecule has 1 aliphatic carbocycles. The quantitative estimate of drug-likeness (QED) is 0.779. The van der Waals surface area contributed by atoms with Crippen LogP contribution in [0.15, 0.2) is 28.8 Å². The Hall–Kier alpha value is -2.98. The molecule has 1 aliphatic heterocycles. The van der Waals surface area contributed by atoms with Gasteiger partial charge in [-0.1, -0.05) is 11.2 Å². The van der Waals surface area contributed by atoms with E-state index in [4.69, 9.17) is 4.52 Å². The number of rotatable bonds is 4. The van der Waals surface area contributed by atoms with Gasteiger partial charge in [0, 0.05) is 18.7 Å². The maximum atomic E-state index is 13.3. The minimum absolute atomic E-state index is 0.0276. The Morgan fingerprint density at radius 2 is 1.97 bits per heavy atom. The minimum atomic E-state index is -4.23.